The van der Waals surface area contributed by atoms with E-state index in [1.807, 2.05) is 0 Å². The van der Waals surface area contributed by atoms with Gasteiger partial charge in [0, 0.05) is 21.0 Å². The van der Waals surface area contributed by atoms with Gasteiger partial charge in [0.05, 0.1) is 15.1 Å². The molecule has 2 nitrogen and oxygen atoms in total. The molecule has 1 fully saturated rings. The molecule has 47 heavy (non-hydrogen) atoms. The van der Waals surface area contributed by atoms with Crippen LogP contribution in [0.5, 0.6) is 0 Å². The van der Waals surface area contributed by atoms with Gasteiger partial charge < -0.3 is 4.74 Å². The lowest BCUT2D eigenvalue weighted by Gasteiger charge is -2.47. The summed E-state index contributed by atoms with van der Waals surface area (Å²) in [5, 5.41) is 0. The van der Waals surface area contributed by atoms with Crippen LogP contribution in [0.2, 0.25) is 0 Å². The maximum Gasteiger partial charge on any atom is 0.380 e. The van der Waals surface area contributed by atoms with Gasteiger partial charge >= 0.3 is 23.7 Å². The molecule has 2 unspecified atom stereocenters. The third-order valence-corrected chi connectivity index (χ3v) is 12.7. The molecule has 1 saturated carbocycles. The zero-order chi connectivity index (χ0) is 33.6. The highest BCUT2D eigenvalue weighted by Gasteiger charge is 2.84. The van der Waals surface area contributed by atoms with E-state index in [0.717, 1.165) is 5.56 Å². The molecule has 3 aromatic carbocycles. The number of benzene rings is 3. The number of rotatable bonds is 6. The fourth-order valence-corrected chi connectivity index (χ4v) is 9.69. The van der Waals surface area contributed by atoms with Gasteiger partial charge in [0.15, 0.2) is 0 Å². The van der Waals surface area contributed by atoms with Crippen molar-refractivity contribution < 1.29 is 35.9 Å². The zero-order valence-corrected chi connectivity index (χ0v) is 26.7. The molecule has 10 heteroatoms. The van der Waals surface area contributed by atoms with Crippen molar-refractivity contribution in [2.75, 3.05) is 0 Å². The van der Waals surface area contributed by atoms with Gasteiger partial charge in [-0.05, 0) is 71.5 Å². The number of allylic oxidation sites excluding steroid dienone is 4. The quantitative estimate of drug-likeness (QED) is 0.191. The number of alkyl halides is 6. The summed E-state index contributed by atoms with van der Waals surface area (Å²) in [6.45, 7) is 6.98. The molecule has 2 aliphatic carbocycles. The molecule has 7 rings (SSSR count). The van der Waals surface area contributed by atoms with Gasteiger partial charge in [-0.1, -0.05) is 79.4 Å². The predicted molar refractivity (Wildman–Crippen MR) is 175 cm³/mol. The molecule has 3 aromatic rings. The van der Waals surface area contributed by atoms with Crippen molar-refractivity contribution in [3.8, 4) is 0 Å². The molecule has 0 bridgehead atoms. The second-order valence-corrected chi connectivity index (χ2v) is 15.0. The molecule has 0 spiro atoms. The summed E-state index contributed by atoms with van der Waals surface area (Å²) in [5.74, 6) is -16.3. The van der Waals surface area contributed by atoms with Crippen LogP contribution in [0.4, 0.5) is 26.3 Å². The topological polar surface area (TPSA) is 26.3 Å². The van der Waals surface area contributed by atoms with Gasteiger partial charge in [-0.25, -0.2) is 4.79 Å². The average molecular weight is 681 g/mol. The fraction of sp³-hybridized carbons (Fsp3) is 0.216. The number of carbonyl (C=O) groups excluding carboxylic acids is 1. The van der Waals surface area contributed by atoms with Crippen molar-refractivity contribution in [3.63, 3.8) is 0 Å². The standard InChI is InChI=1S/C37H26F6O2S2/c1-4-21-10-16-25(17-11-21)32(44)45-20-22-12-14-24(15-13-22)29-19-27-31-30(35(38,39)37(42,43)36(31,40)41)26-18-28(23-8-6-5-7-9-23)46-33(26,2)34(27,3)47-29/h4-19H,1,20H2,2-3H3. The third-order valence-electron chi connectivity index (χ3n) is 9.37. The Balaban J connectivity index is 1.25. The van der Waals surface area contributed by atoms with E-state index in [2.05, 4.69) is 6.58 Å². The molecule has 2 aliphatic heterocycles. The van der Waals surface area contributed by atoms with Gasteiger partial charge in [0.2, 0.25) is 0 Å². The Morgan fingerprint density at radius 3 is 1.70 bits per heavy atom. The van der Waals surface area contributed by atoms with E-state index < -0.39 is 44.4 Å². The first-order valence-corrected chi connectivity index (χ1v) is 16.3. The SMILES string of the molecule is C=Cc1ccc(C(=O)OCc2ccc(C3=CC4=C5C(=C6C=C(c7ccccc7)SC6(C)C4(C)S3)C(F)(F)C(F)(F)C5(F)F)cc2)cc1. The minimum Gasteiger partial charge on any atom is -0.457 e. The highest BCUT2D eigenvalue weighted by Crippen LogP contribution is 2.75. The van der Waals surface area contributed by atoms with E-state index in [-0.39, 0.29) is 17.8 Å². The van der Waals surface area contributed by atoms with Crippen molar-refractivity contribution in [2.24, 2.45) is 0 Å². The summed E-state index contributed by atoms with van der Waals surface area (Å²) in [4.78, 5) is 13.5. The lowest BCUT2D eigenvalue weighted by Crippen LogP contribution is -2.48. The summed E-state index contributed by atoms with van der Waals surface area (Å²) in [6.07, 6.45) is 4.40. The van der Waals surface area contributed by atoms with Gasteiger partial charge in [-0.2, -0.15) is 26.3 Å². The molecular formula is C37H26F6O2S2. The first-order chi connectivity index (χ1) is 22.2. The van der Waals surface area contributed by atoms with Crippen LogP contribution >= 0.6 is 23.5 Å². The molecule has 0 N–H and O–H groups in total. The highest BCUT2D eigenvalue weighted by atomic mass is 32.2. The van der Waals surface area contributed by atoms with Crippen molar-refractivity contribution in [2.45, 2.75) is 47.7 Å². The van der Waals surface area contributed by atoms with Crippen LogP contribution in [0.1, 0.15) is 46.5 Å². The number of hydrogen-bond donors (Lipinski definition) is 0. The van der Waals surface area contributed by atoms with Crippen molar-refractivity contribution in [1.82, 2.24) is 0 Å². The smallest absolute Gasteiger partial charge is 0.380 e. The summed E-state index contributed by atoms with van der Waals surface area (Å²) in [5.41, 5.74) is 0.142. The number of esters is 1. The third kappa shape index (κ3) is 4.40. The lowest BCUT2D eigenvalue weighted by atomic mass is 9.71. The number of hydrogen-bond acceptors (Lipinski definition) is 4. The minimum atomic E-state index is -5.61. The highest BCUT2D eigenvalue weighted by molar-refractivity contribution is 8.14. The summed E-state index contributed by atoms with van der Waals surface area (Å²) < 4.78 is 95.4. The van der Waals surface area contributed by atoms with Gasteiger partial charge in [0.1, 0.15) is 6.61 Å². The molecule has 4 aliphatic rings. The van der Waals surface area contributed by atoms with Gasteiger partial charge in [-0.15, -0.1) is 23.5 Å². The van der Waals surface area contributed by atoms with Crippen LogP contribution < -0.4 is 0 Å². The number of halogens is 6. The molecule has 0 amide bonds. The van der Waals surface area contributed by atoms with Crippen LogP contribution in [0.15, 0.2) is 120 Å². The largest absolute Gasteiger partial charge is 0.457 e. The van der Waals surface area contributed by atoms with Gasteiger partial charge in [0.25, 0.3) is 0 Å². The molecule has 2 atom stereocenters. The van der Waals surface area contributed by atoms with E-state index in [4.69, 9.17) is 4.74 Å². The van der Waals surface area contributed by atoms with E-state index >= 15 is 26.3 Å². The second-order valence-electron chi connectivity index (χ2n) is 12.1. The predicted octanol–water partition coefficient (Wildman–Crippen LogP) is 10.6. The summed E-state index contributed by atoms with van der Waals surface area (Å²) in [6, 6.07) is 22.4. The Bertz CT molecular complexity index is 1960. The van der Waals surface area contributed by atoms with E-state index in [1.165, 1.54) is 35.7 Å². The Kier molecular flexibility index (Phi) is 7.12. The first kappa shape index (κ1) is 31.7. The Labute approximate surface area is 276 Å². The van der Waals surface area contributed by atoms with Crippen LogP contribution in [0.3, 0.4) is 0 Å². The number of fused-ring (bicyclic) bond motifs is 4. The number of ether oxygens (including phenoxy) is 1. The van der Waals surface area contributed by atoms with Crippen molar-refractivity contribution in [3.05, 3.63) is 148 Å². The molecule has 0 saturated heterocycles. The molecule has 0 radical (unpaired) electrons. The Morgan fingerprint density at radius 2 is 1.21 bits per heavy atom. The van der Waals surface area contributed by atoms with E-state index in [1.54, 1.807) is 98.8 Å². The number of carbonyl (C=O) groups is 1. The van der Waals surface area contributed by atoms with E-state index in [9.17, 15) is 4.79 Å². The second kappa shape index (κ2) is 10.6. The normalized spacial score (nSPS) is 26.3. The fourth-order valence-electron chi connectivity index (χ4n) is 6.55. The maximum absolute atomic E-state index is 15.6. The van der Waals surface area contributed by atoms with Crippen LogP contribution in [0.25, 0.3) is 15.9 Å². The number of thioether (sulfide) groups is 2. The summed E-state index contributed by atoms with van der Waals surface area (Å²) in [7, 11) is 0. The Hall–Kier alpha value is -3.89. The van der Waals surface area contributed by atoms with Crippen molar-refractivity contribution in [1.29, 1.82) is 0 Å². The van der Waals surface area contributed by atoms with E-state index in [0.29, 0.717) is 32.1 Å². The monoisotopic (exact) mass is 680 g/mol. The zero-order valence-electron chi connectivity index (χ0n) is 25.1. The minimum absolute atomic E-state index is 0.0306. The molecule has 240 valence electrons. The van der Waals surface area contributed by atoms with Crippen molar-refractivity contribution >= 4 is 45.4 Å². The molecule has 0 aromatic heterocycles. The maximum atomic E-state index is 15.6. The Morgan fingerprint density at radius 1 is 0.723 bits per heavy atom. The van der Waals surface area contributed by atoms with Crippen LogP contribution in [-0.2, 0) is 11.3 Å². The van der Waals surface area contributed by atoms with Gasteiger partial charge in [-0.3, -0.25) is 0 Å². The lowest BCUT2D eigenvalue weighted by molar-refractivity contribution is -0.258. The first-order valence-electron chi connectivity index (χ1n) is 14.7. The summed E-state index contributed by atoms with van der Waals surface area (Å²) >= 11 is 2.42. The average Bonchev–Trinajstić information content (AvgIpc) is 3.64. The van der Waals surface area contributed by atoms with Crippen LogP contribution in [0, 0.1) is 0 Å². The molecule has 2 heterocycles. The molecular weight excluding hydrogens is 655 g/mol. The van der Waals surface area contributed by atoms with Crippen LogP contribution in [-0.4, -0.2) is 33.2 Å².